The number of nitrogens with zero attached hydrogens (tertiary/aromatic N) is 4. The van der Waals surface area contributed by atoms with E-state index in [1.807, 2.05) is 13.8 Å². The van der Waals surface area contributed by atoms with Crippen molar-refractivity contribution in [2.75, 3.05) is 13.1 Å². The fraction of sp³-hybridized carbons (Fsp3) is 0.476. The molecule has 1 fully saturated rings. The zero-order valence-corrected chi connectivity index (χ0v) is 18.9. The van der Waals surface area contributed by atoms with Crippen LogP contribution in [0.25, 0.3) is 10.9 Å². The second-order valence-corrected chi connectivity index (χ2v) is 10.2. The van der Waals surface area contributed by atoms with Gasteiger partial charge in [0.25, 0.3) is 5.56 Å². The number of aryl methyl sites for hydroxylation is 1. The summed E-state index contributed by atoms with van der Waals surface area (Å²) in [6, 6.07) is 6.59. The largest absolute Gasteiger partial charge is 0.329 e. The molecule has 0 radical (unpaired) electrons. The van der Waals surface area contributed by atoms with E-state index in [1.165, 1.54) is 8.87 Å². The molecule has 1 aliphatic rings. The summed E-state index contributed by atoms with van der Waals surface area (Å²) in [5.41, 5.74) is 0.801. The number of aromatic nitrogens is 4. The van der Waals surface area contributed by atoms with Crippen LogP contribution in [0.2, 0.25) is 0 Å². The molecule has 1 saturated heterocycles. The van der Waals surface area contributed by atoms with Gasteiger partial charge in [0.05, 0.1) is 22.3 Å². The first-order valence-electron chi connectivity index (χ1n) is 10.4. The van der Waals surface area contributed by atoms with Gasteiger partial charge in [-0.3, -0.25) is 14.0 Å². The summed E-state index contributed by atoms with van der Waals surface area (Å²) >= 11 is 0. The molecule has 1 N–H and O–H groups in total. The number of nitrogens with one attached hydrogen (secondary N) is 1. The first kappa shape index (κ1) is 21.5. The number of hydrogen-bond acceptors (Lipinski definition) is 5. The zero-order valence-electron chi connectivity index (χ0n) is 18.1. The number of hydrogen-bond donors (Lipinski definition) is 1. The number of H-pyrrole nitrogens is 1. The number of piperidine rings is 1. The van der Waals surface area contributed by atoms with E-state index in [0.29, 0.717) is 35.1 Å². The quantitative estimate of drug-likeness (QED) is 0.661. The van der Waals surface area contributed by atoms with Crippen molar-refractivity contribution < 1.29 is 8.42 Å². The molecule has 1 aliphatic heterocycles. The molecule has 0 saturated carbocycles. The Balaban J connectivity index is 1.62. The van der Waals surface area contributed by atoms with E-state index in [0.717, 1.165) is 0 Å². The highest BCUT2D eigenvalue weighted by molar-refractivity contribution is 7.89. The van der Waals surface area contributed by atoms with Gasteiger partial charge in [0, 0.05) is 25.2 Å². The normalized spacial score (nSPS) is 16.4. The third-order valence-corrected chi connectivity index (χ3v) is 8.12. The predicted molar refractivity (Wildman–Crippen MR) is 118 cm³/mol. The topological polar surface area (TPSA) is 110 Å². The standard InChI is InChI=1S/C21H27N5O4S/c1-13(2)26-15(4)19(14(3)23-26)31(29,30)24-11-9-16(10-12-24)25-20(27)17-7-5-6-8-18(17)22-21(25)28/h5-8,13,16H,9-12H2,1-4H3,(H,22,28). The van der Waals surface area contributed by atoms with Crippen molar-refractivity contribution in [3.05, 3.63) is 56.5 Å². The first-order chi connectivity index (χ1) is 14.6. The molecule has 0 amide bonds. The Labute approximate surface area is 180 Å². The minimum atomic E-state index is -3.72. The van der Waals surface area contributed by atoms with Crippen LogP contribution in [-0.4, -0.2) is 45.1 Å². The van der Waals surface area contributed by atoms with E-state index in [4.69, 9.17) is 0 Å². The highest BCUT2D eigenvalue weighted by atomic mass is 32.2. The Morgan fingerprint density at radius 3 is 2.35 bits per heavy atom. The molecule has 1 aromatic carbocycles. The maximum atomic E-state index is 13.4. The lowest BCUT2D eigenvalue weighted by atomic mass is 10.1. The molecule has 3 heterocycles. The van der Waals surface area contributed by atoms with Crippen LogP contribution in [-0.2, 0) is 10.0 Å². The SMILES string of the molecule is Cc1nn(C(C)C)c(C)c1S(=O)(=O)N1CCC(n2c(=O)[nH]c3ccccc3c2=O)CC1. The maximum absolute atomic E-state index is 13.4. The average molecular weight is 446 g/mol. The van der Waals surface area contributed by atoms with Crippen LogP contribution in [0.4, 0.5) is 0 Å². The third-order valence-electron chi connectivity index (χ3n) is 5.97. The van der Waals surface area contributed by atoms with Gasteiger partial charge in [-0.05, 0) is 52.7 Å². The van der Waals surface area contributed by atoms with Crippen LogP contribution in [0.1, 0.15) is 50.2 Å². The highest BCUT2D eigenvalue weighted by Crippen LogP contribution is 2.29. The van der Waals surface area contributed by atoms with Crippen molar-refractivity contribution in [3.8, 4) is 0 Å². The van der Waals surface area contributed by atoms with Crippen LogP contribution in [0, 0.1) is 13.8 Å². The number of rotatable bonds is 4. The lowest BCUT2D eigenvalue weighted by Crippen LogP contribution is -2.45. The second-order valence-electron chi connectivity index (χ2n) is 8.32. The molecule has 0 aliphatic carbocycles. The minimum absolute atomic E-state index is 0.0555. The summed E-state index contributed by atoms with van der Waals surface area (Å²) in [6.07, 6.45) is 0.772. The molecule has 3 aromatic rings. The van der Waals surface area contributed by atoms with Gasteiger partial charge >= 0.3 is 5.69 Å². The fourth-order valence-electron chi connectivity index (χ4n) is 4.50. The number of para-hydroxylation sites is 1. The van der Waals surface area contributed by atoms with E-state index >= 15 is 0 Å². The van der Waals surface area contributed by atoms with E-state index in [-0.39, 0.29) is 35.6 Å². The van der Waals surface area contributed by atoms with Crippen LogP contribution < -0.4 is 11.2 Å². The number of benzene rings is 1. The number of fused-ring (bicyclic) bond motifs is 1. The highest BCUT2D eigenvalue weighted by Gasteiger charge is 2.35. The van der Waals surface area contributed by atoms with E-state index in [9.17, 15) is 18.0 Å². The number of sulfonamides is 1. The van der Waals surface area contributed by atoms with Gasteiger partial charge in [-0.25, -0.2) is 13.2 Å². The zero-order chi connectivity index (χ0) is 22.5. The Morgan fingerprint density at radius 1 is 1.10 bits per heavy atom. The van der Waals surface area contributed by atoms with Gasteiger partial charge in [0.2, 0.25) is 10.0 Å². The molecule has 10 heteroatoms. The van der Waals surface area contributed by atoms with Crippen molar-refractivity contribution in [2.24, 2.45) is 0 Å². The fourth-order valence-corrected chi connectivity index (χ4v) is 6.33. The second kappa shape index (κ2) is 7.76. The molecular formula is C21H27N5O4S. The van der Waals surface area contributed by atoms with Crippen LogP contribution in [0.5, 0.6) is 0 Å². The third kappa shape index (κ3) is 3.53. The lowest BCUT2D eigenvalue weighted by Gasteiger charge is -2.31. The Hall–Kier alpha value is -2.72. The van der Waals surface area contributed by atoms with Crippen molar-refractivity contribution in [1.82, 2.24) is 23.6 Å². The summed E-state index contributed by atoms with van der Waals surface area (Å²) in [5, 5.41) is 4.85. The lowest BCUT2D eigenvalue weighted by molar-refractivity contribution is 0.266. The van der Waals surface area contributed by atoms with Crippen molar-refractivity contribution in [3.63, 3.8) is 0 Å². The van der Waals surface area contributed by atoms with Crippen LogP contribution in [0.3, 0.4) is 0 Å². The van der Waals surface area contributed by atoms with Crippen LogP contribution in [0.15, 0.2) is 38.8 Å². The molecule has 0 atom stereocenters. The van der Waals surface area contributed by atoms with Gasteiger partial charge in [0.1, 0.15) is 4.90 Å². The Bertz CT molecular complexity index is 1360. The summed E-state index contributed by atoms with van der Waals surface area (Å²) in [6.45, 7) is 7.86. The smallest absolute Gasteiger partial charge is 0.307 e. The Morgan fingerprint density at radius 2 is 1.74 bits per heavy atom. The first-order valence-corrected chi connectivity index (χ1v) is 11.9. The summed E-state index contributed by atoms with van der Waals surface area (Å²) in [4.78, 5) is 28.5. The molecule has 4 rings (SSSR count). The predicted octanol–water partition coefficient (Wildman–Crippen LogP) is 2.11. The van der Waals surface area contributed by atoms with Crippen molar-refractivity contribution in [1.29, 1.82) is 0 Å². The minimum Gasteiger partial charge on any atom is -0.307 e. The maximum Gasteiger partial charge on any atom is 0.329 e. The van der Waals surface area contributed by atoms with Crippen molar-refractivity contribution in [2.45, 2.75) is 57.5 Å². The van der Waals surface area contributed by atoms with Gasteiger partial charge in [0.15, 0.2) is 0 Å². The molecule has 9 nitrogen and oxygen atoms in total. The van der Waals surface area contributed by atoms with Crippen molar-refractivity contribution >= 4 is 20.9 Å². The van der Waals surface area contributed by atoms with Gasteiger partial charge < -0.3 is 4.98 Å². The van der Waals surface area contributed by atoms with E-state index in [1.54, 1.807) is 42.8 Å². The van der Waals surface area contributed by atoms with Crippen LogP contribution >= 0.6 is 0 Å². The van der Waals surface area contributed by atoms with Gasteiger partial charge in [-0.15, -0.1) is 0 Å². The summed E-state index contributed by atoms with van der Waals surface area (Å²) in [5.74, 6) is 0. The Kier molecular flexibility index (Phi) is 5.38. The van der Waals surface area contributed by atoms with E-state index < -0.39 is 15.7 Å². The monoisotopic (exact) mass is 445 g/mol. The molecule has 31 heavy (non-hydrogen) atoms. The molecule has 0 spiro atoms. The van der Waals surface area contributed by atoms with Gasteiger partial charge in [-0.1, -0.05) is 12.1 Å². The number of aromatic amines is 1. The molecular weight excluding hydrogens is 418 g/mol. The summed E-state index contributed by atoms with van der Waals surface area (Å²) < 4.78 is 31.1. The average Bonchev–Trinajstić information content (AvgIpc) is 3.03. The molecule has 0 unspecified atom stereocenters. The molecule has 166 valence electrons. The van der Waals surface area contributed by atoms with Gasteiger partial charge in [-0.2, -0.15) is 9.40 Å². The summed E-state index contributed by atoms with van der Waals surface area (Å²) in [7, 11) is -3.72. The molecule has 0 bridgehead atoms. The molecule has 2 aromatic heterocycles. The van der Waals surface area contributed by atoms with E-state index in [2.05, 4.69) is 10.1 Å².